The van der Waals surface area contributed by atoms with Gasteiger partial charge in [0.05, 0.1) is 18.2 Å². The lowest BCUT2D eigenvalue weighted by Gasteiger charge is -2.05. The Labute approximate surface area is 97.2 Å². The van der Waals surface area contributed by atoms with E-state index >= 15 is 0 Å². The fraction of sp³-hybridized carbons (Fsp3) is 0.182. The zero-order valence-electron chi connectivity index (χ0n) is 8.82. The van der Waals surface area contributed by atoms with Crippen LogP contribution in [0.3, 0.4) is 0 Å². The second-order valence-corrected chi connectivity index (χ2v) is 3.61. The Bertz CT molecular complexity index is 569. The number of benzene rings is 1. The quantitative estimate of drug-likeness (QED) is 0.564. The summed E-state index contributed by atoms with van der Waals surface area (Å²) in [5.74, 6) is 0.0913. The molecular weight excluding hydrogens is 228 g/mol. The second-order valence-electron chi connectivity index (χ2n) is 3.25. The van der Waals surface area contributed by atoms with Crippen LogP contribution in [0, 0.1) is 6.92 Å². The first kappa shape index (κ1) is 10.8. The van der Waals surface area contributed by atoms with E-state index in [0.29, 0.717) is 27.4 Å². The van der Waals surface area contributed by atoms with Crippen LogP contribution in [0.25, 0.3) is 10.9 Å². The molecule has 0 N–H and O–H groups in total. The van der Waals surface area contributed by atoms with Crippen molar-refractivity contribution >= 4 is 28.5 Å². The zero-order valence-corrected chi connectivity index (χ0v) is 9.58. The number of rotatable bonds is 1. The number of aromatic nitrogens is 2. The summed E-state index contributed by atoms with van der Waals surface area (Å²) in [5, 5.41) is 0.989. The summed E-state index contributed by atoms with van der Waals surface area (Å²) in [6.45, 7) is 1.72. The molecular formula is C11H9ClN2O2. The van der Waals surface area contributed by atoms with E-state index in [1.807, 2.05) is 0 Å². The van der Waals surface area contributed by atoms with Crippen molar-refractivity contribution in [2.75, 3.05) is 7.11 Å². The third-order valence-electron chi connectivity index (χ3n) is 2.20. The fourth-order valence-electron chi connectivity index (χ4n) is 1.49. The van der Waals surface area contributed by atoms with E-state index in [1.54, 1.807) is 25.1 Å². The number of nitrogens with zero attached hydrogens (tertiary/aromatic N) is 2. The van der Waals surface area contributed by atoms with Gasteiger partial charge in [0.2, 0.25) is 0 Å². The van der Waals surface area contributed by atoms with E-state index in [1.165, 1.54) is 7.11 Å². The Morgan fingerprint density at radius 2 is 2.12 bits per heavy atom. The molecule has 1 aromatic heterocycles. The number of hydrogen-bond acceptors (Lipinski definition) is 4. The molecule has 0 aliphatic carbocycles. The smallest absolute Gasteiger partial charge is 0.340 e. The molecule has 0 amide bonds. The summed E-state index contributed by atoms with van der Waals surface area (Å²) in [6, 6.07) is 5.14. The minimum atomic E-state index is -0.431. The lowest BCUT2D eigenvalue weighted by atomic mass is 10.1. The van der Waals surface area contributed by atoms with E-state index in [-0.39, 0.29) is 0 Å². The van der Waals surface area contributed by atoms with Gasteiger partial charge in [-0.2, -0.15) is 0 Å². The van der Waals surface area contributed by atoms with E-state index in [9.17, 15) is 4.79 Å². The van der Waals surface area contributed by atoms with Crippen LogP contribution < -0.4 is 0 Å². The summed E-state index contributed by atoms with van der Waals surface area (Å²) in [6.07, 6.45) is 0. The van der Waals surface area contributed by atoms with Crippen LogP contribution in [-0.2, 0) is 4.74 Å². The van der Waals surface area contributed by atoms with Gasteiger partial charge >= 0.3 is 5.97 Å². The molecule has 1 heterocycles. The highest BCUT2D eigenvalue weighted by Gasteiger charge is 2.13. The van der Waals surface area contributed by atoms with Crippen molar-refractivity contribution in [2.45, 2.75) is 6.92 Å². The van der Waals surface area contributed by atoms with Crippen LogP contribution in [0.5, 0.6) is 0 Å². The molecule has 0 atom stereocenters. The summed E-state index contributed by atoms with van der Waals surface area (Å²) in [4.78, 5) is 19.8. The predicted molar refractivity (Wildman–Crippen MR) is 60.6 cm³/mol. The average molecular weight is 237 g/mol. The van der Waals surface area contributed by atoms with Gasteiger partial charge in [0.25, 0.3) is 0 Å². The maximum atomic E-state index is 11.5. The zero-order chi connectivity index (χ0) is 11.7. The van der Waals surface area contributed by atoms with Crippen LogP contribution >= 0.6 is 11.6 Å². The van der Waals surface area contributed by atoms with Crippen molar-refractivity contribution in [1.82, 2.24) is 9.97 Å². The van der Waals surface area contributed by atoms with Gasteiger partial charge in [-0.3, -0.25) is 0 Å². The summed E-state index contributed by atoms with van der Waals surface area (Å²) in [7, 11) is 1.33. The monoisotopic (exact) mass is 236 g/mol. The predicted octanol–water partition coefficient (Wildman–Crippen LogP) is 2.38. The topological polar surface area (TPSA) is 52.1 Å². The van der Waals surface area contributed by atoms with Crippen molar-refractivity contribution in [3.8, 4) is 0 Å². The normalized spacial score (nSPS) is 10.4. The average Bonchev–Trinajstić information content (AvgIpc) is 2.27. The lowest BCUT2D eigenvalue weighted by Crippen LogP contribution is -2.04. The van der Waals surface area contributed by atoms with Gasteiger partial charge in [-0.15, -0.1) is 0 Å². The van der Waals surface area contributed by atoms with Gasteiger partial charge in [-0.1, -0.05) is 17.7 Å². The molecule has 2 rings (SSSR count). The molecule has 5 heteroatoms. The number of halogens is 1. The number of esters is 1. The molecule has 4 nitrogen and oxygen atoms in total. The molecule has 0 aliphatic heterocycles. The molecule has 1 aromatic carbocycles. The first-order valence-corrected chi connectivity index (χ1v) is 5.02. The molecule has 16 heavy (non-hydrogen) atoms. The molecule has 2 aromatic rings. The number of aryl methyl sites for hydroxylation is 1. The van der Waals surface area contributed by atoms with Gasteiger partial charge in [-0.25, -0.2) is 14.8 Å². The summed E-state index contributed by atoms with van der Waals surface area (Å²) >= 11 is 5.98. The molecule has 0 unspecified atom stereocenters. The molecule has 0 aliphatic rings. The molecule has 0 saturated carbocycles. The van der Waals surface area contributed by atoms with Crippen molar-refractivity contribution < 1.29 is 9.53 Å². The van der Waals surface area contributed by atoms with Crippen LogP contribution in [0.15, 0.2) is 18.2 Å². The minimum absolute atomic E-state index is 0.341. The number of carbonyl (C=O) groups excluding carboxylic acids is 1. The van der Waals surface area contributed by atoms with Gasteiger partial charge in [0.1, 0.15) is 11.0 Å². The molecule has 0 spiro atoms. The lowest BCUT2D eigenvalue weighted by molar-refractivity contribution is 0.0603. The Hall–Kier alpha value is -1.68. The Balaban J connectivity index is 2.81. The van der Waals surface area contributed by atoms with Gasteiger partial charge in [-0.05, 0) is 19.1 Å². The summed E-state index contributed by atoms with van der Waals surface area (Å²) in [5.41, 5.74) is 0.916. The molecule has 0 fully saturated rings. The highest BCUT2D eigenvalue weighted by molar-refractivity contribution is 6.34. The maximum absolute atomic E-state index is 11.5. The van der Waals surface area contributed by atoms with Crippen LogP contribution in [0.2, 0.25) is 5.15 Å². The minimum Gasteiger partial charge on any atom is -0.465 e. The van der Waals surface area contributed by atoms with E-state index in [4.69, 9.17) is 11.6 Å². The molecule has 0 radical (unpaired) electrons. The van der Waals surface area contributed by atoms with Crippen molar-refractivity contribution in [2.24, 2.45) is 0 Å². The number of ether oxygens (including phenoxy) is 1. The second kappa shape index (κ2) is 4.06. The highest BCUT2D eigenvalue weighted by Crippen LogP contribution is 2.23. The Kier molecular flexibility index (Phi) is 2.75. The third-order valence-corrected chi connectivity index (χ3v) is 2.49. The first-order valence-electron chi connectivity index (χ1n) is 4.64. The van der Waals surface area contributed by atoms with E-state index in [0.717, 1.165) is 0 Å². The van der Waals surface area contributed by atoms with Crippen LogP contribution in [0.1, 0.15) is 16.2 Å². The first-order chi connectivity index (χ1) is 7.63. The van der Waals surface area contributed by atoms with Gasteiger partial charge < -0.3 is 4.74 Å². The standard InChI is InChI=1S/C11H9ClN2O2/c1-6-13-9-7(10(12)14-6)4-3-5-8(9)11(15)16-2/h3-5H,1-2H3. The van der Waals surface area contributed by atoms with Crippen molar-refractivity contribution in [3.63, 3.8) is 0 Å². The van der Waals surface area contributed by atoms with Crippen LogP contribution in [0.4, 0.5) is 0 Å². The molecule has 0 bridgehead atoms. The highest BCUT2D eigenvalue weighted by atomic mass is 35.5. The number of carbonyl (C=O) groups is 1. The number of methoxy groups -OCH3 is 1. The largest absolute Gasteiger partial charge is 0.465 e. The van der Waals surface area contributed by atoms with Gasteiger partial charge in [0, 0.05) is 5.39 Å². The molecule has 82 valence electrons. The molecule has 0 saturated heterocycles. The number of para-hydroxylation sites is 1. The fourth-order valence-corrected chi connectivity index (χ4v) is 1.77. The van der Waals surface area contributed by atoms with Crippen molar-refractivity contribution in [1.29, 1.82) is 0 Å². The summed E-state index contributed by atoms with van der Waals surface area (Å²) < 4.78 is 4.68. The van der Waals surface area contributed by atoms with Crippen molar-refractivity contribution in [3.05, 3.63) is 34.7 Å². The van der Waals surface area contributed by atoms with E-state index in [2.05, 4.69) is 14.7 Å². The van der Waals surface area contributed by atoms with Crippen LogP contribution in [-0.4, -0.2) is 23.0 Å². The number of fused-ring (bicyclic) bond motifs is 1. The number of hydrogen-bond donors (Lipinski definition) is 0. The SMILES string of the molecule is COC(=O)c1cccc2c(Cl)nc(C)nc12. The maximum Gasteiger partial charge on any atom is 0.340 e. The van der Waals surface area contributed by atoms with Gasteiger partial charge in [0.15, 0.2) is 0 Å². The van der Waals surface area contributed by atoms with E-state index < -0.39 is 5.97 Å². The third kappa shape index (κ3) is 1.72. The Morgan fingerprint density at radius 3 is 2.81 bits per heavy atom. The Morgan fingerprint density at radius 1 is 1.38 bits per heavy atom.